The molecule has 0 N–H and O–H groups in total. The van der Waals surface area contributed by atoms with Gasteiger partial charge >= 0.3 is 0 Å². The van der Waals surface area contributed by atoms with Gasteiger partial charge in [0, 0.05) is 17.1 Å². The first-order chi connectivity index (χ1) is 6.86. The van der Waals surface area contributed by atoms with Gasteiger partial charge < -0.3 is 0 Å². The van der Waals surface area contributed by atoms with E-state index in [4.69, 9.17) is 0 Å². The molecule has 0 aromatic heterocycles. The van der Waals surface area contributed by atoms with E-state index in [1.54, 1.807) is 11.8 Å². The van der Waals surface area contributed by atoms with Crippen LogP contribution in [0.15, 0.2) is 41.3 Å². The molecule has 1 aliphatic rings. The molecule has 0 atom stereocenters. The number of ketones is 1. The van der Waals surface area contributed by atoms with Gasteiger partial charge in [-0.15, -0.1) is 11.8 Å². The first kappa shape index (κ1) is 9.53. The molecule has 0 aliphatic heterocycles. The van der Waals surface area contributed by atoms with Crippen LogP contribution in [0.2, 0.25) is 0 Å². The highest BCUT2D eigenvalue weighted by Gasteiger charge is 2.14. The van der Waals surface area contributed by atoms with Crippen molar-refractivity contribution in [3.63, 3.8) is 0 Å². The molecule has 2 rings (SSSR count). The first-order valence-electron chi connectivity index (χ1n) is 4.76. The first-order valence-corrected chi connectivity index (χ1v) is 5.75. The summed E-state index contributed by atoms with van der Waals surface area (Å²) in [6, 6.07) is 10.2. The summed E-state index contributed by atoms with van der Waals surface area (Å²) in [6.45, 7) is 0. The van der Waals surface area contributed by atoms with Gasteiger partial charge in [-0.1, -0.05) is 36.4 Å². The minimum Gasteiger partial charge on any atom is -0.294 e. The van der Waals surface area contributed by atoms with Crippen LogP contribution in [0.25, 0.3) is 0 Å². The molecule has 0 spiro atoms. The van der Waals surface area contributed by atoms with Crippen LogP contribution >= 0.6 is 11.8 Å². The molecule has 0 amide bonds. The van der Waals surface area contributed by atoms with Crippen LogP contribution in [0.5, 0.6) is 0 Å². The summed E-state index contributed by atoms with van der Waals surface area (Å²) in [7, 11) is 0. The summed E-state index contributed by atoms with van der Waals surface area (Å²) in [5, 5.41) is 0. The van der Waals surface area contributed by atoms with Crippen LogP contribution in [0, 0.1) is 0 Å². The number of Topliss-reactive ketones (excluding diaryl/α,β-unsaturated/α-hetero) is 1. The lowest BCUT2D eigenvalue weighted by Crippen LogP contribution is -1.92. The van der Waals surface area contributed by atoms with Gasteiger partial charge in [0.2, 0.25) is 0 Å². The molecule has 0 bridgehead atoms. The van der Waals surface area contributed by atoms with Gasteiger partial charge in [-0.05, 0) is 12.0 Å². The minimum atomic E-state index is 0.311. The Balaban J connectivity index is 1.92. The molecule has 0 radical (unpaired) electrons. The molecular formula is C12H12OS. The van der Waals surface area contributed by atoms with Gasteiger partial charge in [-0.25, -0.2) is 0 Å². The number of thioether (sulfide) groups is 1. The van der Waals surface area contributed by atoms with Crippen molar-refractivity contribution in [2.75, 3.05) is 0 Å². The third-order valence-electron chi connectivity index (χ3n) is 2.21. The van der Waals surface area contributed by atoms with Crippen molar-refractivity contribution in [1.82, 2.24) is 0 Å². The van der Waals surface area contributed by atoms with Crippen molar-refractivity contribution in [2.45, 2.75) is 18.6 Å². The highest BCUT2D eigenvalue weighted by Crippen LogP contribution is 2.28. The molecule has 0 unspecified atom stereocenters. The fourth-order valence-electron chi connectivity index (χ4n) is 1.45. The number of carbonyl (C=O) groups is 1. The van der Waals surface area contributed by atoms with Crippen LogP contribution in [-0.2, 0) is 10.5 Å². The van der Waals surface area contributed by atoms with Gasteiger partial charge in [-0.3, -0.25) is 4.79 Å². The molecule has 0 heterocycles. The Kier molecular flexibility index (Phi) is 3.04. The van der Waals surface area contributed by atoms with Crippen molar-refractivity contribution in [1.29, 1.82) is 0 Å². The largest absolute Gasteiger partial charge is 0.294 e. The Hall–Kier alpha value is -1.02. The average Bonchev–Trinajstić information content (AvgIpc) is 2.63. The molecule has 1 aliphatic carbocycles. The van der Waals surface area contributed by atoms with E-state index in [-0.39, 0.29) is 0 Å². The summed E-state index contributed by atoms with van der Waals surface area (Å²) in [6.07, 6.45) is 3.68. The Morgan fingerprint density at radius 3 is 2.64 bits per heavy atom. The molecule has 72 valence electrons. The zero-order valence-corrected chi connectivity index (χ0v) is 8.72. The van der Waals surface area contributed by atoms with Crippen LogP contribution in [0.4, 0.5) is 0 Å². The molecule has 14 heavy (non-hydrogen) atoms. The minimum absolute atomic E-state index is 0.311. The SMILES string of the molecule is O=C1CCC=C1SCc1ccccc1. The maximum absolute atomic E-state index is 11.3. The fourth-order valence-corrected chi connectivity index (χ4v) is 2.46. The van der Waals surface area contributed by atoms with Crippen LogP contribution in [-0.4, -0.2) is 5.78 Å². The highest BCUT2D eigenvalue weighted by atomic mass is 32.2. The standard InChI is InChI=1S/C12H12OS/c13-11-7-4-8-12(11)14-9-10-5-2-1-3-6-10/h1-3,5-6,8H,4,7,9H2. The summed E-state index contributed by atoms with van der Waals surface area (Å²) >= 11 is 1.66. The van der Waals surface area contributed by atoms with E-state index in [0.29, 0.717) is 12.2 Å². The maximum Gasteiger partial charge on any atom is 0.169 e. The zero-order valence-electron chi connectivity index (χ0n) is 7.90. The van der Waals surface area contributed by atoms with Gasteiger partial charge in [-0.2, -0.15) is 0 Å². The van der Waals surface area contributed by atoms with E-state index < -0.39 is 0 Å². The summed E-state index contributed by atoms with van der Waals surface area (Å²) in [5.74, 6) is 1.21. The van der Waals surface area contributed by atoms with E-state index in [1.165, 1.54) is 5.56 Å². The lowest BCUT2D eigenvalue weighted by molar-refractivity contribution is -0.114. The monoisotopic (exact) mass is 204 g/mol. The smallest absolute Gasteiger partial charge is 0.169 e. The van der Waals surface area contributed by atoms with Crippen molar-refractivity contribution in [2.24, 2.45) is 0 Å². The predicted octanol–water partition coefficient (Wildman–Crippen LogP) is 3.17. The number of hydrogen-bond acceptors (Lipinski definition) is 2. The molecule has 0 saturated heterocycles. The summed E-state index contributed by atoms with van der Waals surface area (Å²) < 4.78 is 0. The van der Waals surface area contributed by atoms with Gasteiger partial charge in [0.05, 0.1) is 0 Å². The Bertz CT molecular complexity index is 354. The fraction of sp³-hybridized carbons (Fsp3) is 0.250. The van der Waals surface area contributed by atoms with Crippen molar-refractivity contribution in [3.8, 4) is 0 Å². The Morgan fingerprint density at radius 2 is 2.00 bits per heavy atom. The second-order valence-electron chi connectivity index (χ2n) is 3.30. The van der Waals surface area contributed by atoms with E-state index in [0.717, 1.165) is 17.1 Å². The van der Waals surface area contributed by atoms with Gasteiger partial charge in [0.15, 0.2) is 5.78 Å². The van der Waals surface area contributed by atoms with Gasteiger partial charge in [0.25, 0.3) is 0 Å². The molecule has 0 fully saturated rings. The highest BCUT2D eigenvalue weighted by molar-refractivity contribution is 8.03. The van der Waals surface area contributed by atoms with Crippen molar-refractivity contribution >= 4 is 17.5 Å². The average molecular weight is 204 g/mol. The van der Waals surface area contributed by atoms with Crippen LogP contribution in [0.3, 0.4) is 0 Å². The number of allylic oxidation sites excluding steroid dienone is 2. The molecule has 1 aromatic carbocycles. The van der Waals surface area contributed by atoms with Crippen molar-refractivity contribution < 1.29 is 4.79 Å². The molecule has 1 aromatic rings. The molecule has 1 nitrogen and oxygen atoms in total. The zero-order chi connectivity index (χ0) is 9.80. The van der Waals surface area contributed by atoms with Crippen LogP contribution < -0.4 is 0 Å². The van der Waals surface area contributed by atoms with Crippen molar-refractivity contribution in [3.05, 3.63) is 46.9 Å². The second kappa shape index (κ2) is 4.47. The summed E-state index contributed by atoms with van der Waals surface area (Å²) in [4.78, 5) is 12.3. The molecule has 0 saturated carbocycles. The topological polar surface area (TPSA) is 17.1 Å². The lowest BCUT2D eigenvalue weighted by atomic mass is 10.2. The number of rotatable bonds is 3. The summed E-state index contributed by atoms with van der Waals surface area (Å²) in [5.41, 5.74) is 1.28. The third-order valence-corrected chi connectivity index (χ3v) is 3.40. The van der Waals surface area contributed by atoms with Crippen LogP contribution in [0.1, 0.15) is 18.4 Å². The normalized spacial score (nSPS) is 15.7. The maximum atomic E-state index is 11.3. The van der Waals surface area contributed by atoms with E-state index >= 15 is 0 Å². The van der Waals surface area contributed by atoms with Gasteiger partial charge in [0.1, 0.15) is 0 Å². The quantitative estimate of drug-likeness (QED) is 0.752. The number of carbonyl (C=O) groups excluding carboxylic acids is 1. The van der Waals surface area contributed by atoms with E-state index in [1.807, 2.05) is 18.2 Å². The third kappa shape index (κ3) is 2.26. The predicted molar refractivity (Wildman–Crippen MR) is 60.1 cm³/mol. The second-order valence-corrected chi connectivity index (χ2v) is 4.32. The molecule has 2 heteroatoms. The number of hydrogen-bond donors (Lipinski definition) is 0. The molecular weight excluding hydrogens is 192 g/mol. The Morgan fingerprint density at radius 1 is 1.21 bits per heavy atom. The van der Waals surface area contributed by atoms with E-state index in [9.17, 15) is 4.79 Å². The Labute approximate surface area is 88.2 Å². The van der Waals surface area contributed by atoms with E-state index in [2.05, 4.69) is 18.2 Å². The number of benzene rings is 1. The lowest BCUT2D eigenvalue weighted by Gasteiger charge is -2.00.